The second kappa shape index (κ2) is 16.9. The van der Waals surface area contributed by atoms with E-state index in [2.05, 4.69) is 30.9 Å². The van der Waals surface area contributed by atoms with Crippen LogP contribution in [0.15, 0.2) is 58.8 Å². The van der Waals surface area contributed by atoms with Crippen LogP contribution in [-0.4, -0.2) is 84.0 Å². The summed E-state index contributed by atoms with van der Waals surface area (Å²) in [7, 11) is 0. The van der Waals surface area contributed by atoms with Crippen molar-refractivity contribution in [1.82, 2.24) is 0 Å². The second-order valence-corrected chi connectivity index (χ2v) is 12.3. The molecular formula is C30H22BrF21N2O3. The molecule has 27 heteroatoms. The first-order chi connectivity index (χ1) is 25.6. The zero-order valence-corrected chi connectivity index (χ0v) is 29.1. The Balaban J connectivity index is 2.17. The fourth-order valence-corrected chi connectivity index (χ4v) is 4.45. The summed E-state index contributed by atoms with van der Waals surface area (Å²) in [6, 6.07) is 9.86. The summed E-state index contributed by atoms with van der Waals surface area (Å²) in [4.78, 5) is 12.1. The van der Waals surface area contributed by atoms with Crippen LogP contribution in [0.4, 0.5) is 104 Å². The molecule has 0 saturated heterocycles. The SMILES string of the molecule is O=C(OCCC(F)(F)C(F)(F)C(F)(F)C(F)(F)C(F)(F)C(F)(F)C(F)(F)C(F)(F)C(F)(F)C(F)(F)F)c1ccc(N=Nc2ccc(OCCCCCBr)cc2)cc1. The minimum atomic E-state index is -9.25. The number of ether oxygens (including phenoxy) is 2. The lowest BCUT2D eigenvalue weighted by molar-refractivity contribution is -0.474. The Hall–Kier alpha value is -3.68. The number of benzene rings is 2. The molecule has 0 radical (unpaired) electrons. The largest absolute Gasteiger partial charge is 0.494 e. The van der Waals surface area contributed by atoms with Gasteiger partial charge in [-0.3, -0.25) is 0 Å². The first-order valence-electron chi connectivity index (χ1n) is 15.1. The molecule has 2 rings (SSSR count). The van der Waals surface area contributed by atoms with Gasteiger partial charge >= 0.3 is 65.4 Å². The van der Waals surface area contributed by atoms with E-state index in [1.807, 2.05) is 0 Å². The van der Waals surface area contributed by atoms with Crippen LogP contribution >= 0.6 is 15.9 Å². The maximum Gasteiger partial charge on any atom is 0.460 e. The van der Waals surface area contributed by atoms with Gasteiger partial charge in [0.05, 0.1) is 36.6 Å². The highest BCUT2D eigenvalue weighted by atomic mass is 79.9. The summed E-state index contributed by atoms with van der Waals surface area (Å²) in [6.45, 7) is -1.75. The Bertz CT molecular complexity index is 1680. The zero-order chi connectivity index (χ0) is 44.3. The quantitative estimate of drug-likeness (QED) is 0.0437. The smallest absolute Gasteiger partial charge is 0.460 e. The molecule has 57 heavy (non-hydrogen) atoms. The summed E-state index contributed by atoms with van der Waals surface area (Å²) < 4.78 is 294. The van der Waals surface area contributed by atoms with Crippen molar-refractivity contribution in [3.8, 4) is 5.75 Å². The van der Waals surface area contributed by atoms with Gasteiger partial charge in [0.15, 0.2) is 0 Å². The third-order valence-corrected chi connectivity index (χ3v) is 8.05. The van der Waals surface area contributed by atoms with Gasteiger partial charge in [-0.2, -0.15) is 102 Å². The lowest BCUT2D eigenvalue weighted by Crippen LogP contribution is -2.76. The molecule has 0 aliphatic carbocycles. The van der Waals surface area contributed by atoms with Crippen molar-refractivity contribution in [3.05, 3.63) is 54.1 Å². The Morgan fingerprint density at radius 3 is 1.28 bits per heavy atom. The molecule has 0 spiro atoms. The third kappa shape index (κ3) is 9.15. The van der Waals surface area contributed by atoms with Gasteiger partial charge in [-0.25, -0.2) is 4.79 Å². The minimum absolute atomic E-state index is 0.00549. The average molecular weight is 937 g/mol. The van der Waals surface area contributed by atoms with Gasteiger partial charge in [-0.05, 0) is 67.8 Å². The second-order valence-electron chi connectivity index (χ2n) is 11.5. The predicted octanol–water partition coefficient (Wildman–Crippen LogP) is 12.9. The Kier molecular flexibility index (Phi) is 14.7. The summed E-state index contributed by atoms with van der Waals surface area (Å²) in [6.07, 6.45) is -8.43. The van der Waals surface area contributed by atoms with Crippen LogP contribution in [0.2, 0.25) is 0 Å². The molecule has 2 aromatic rings. The van der Waals surface area contributed by atoms with Crippen LogP contribution in [0.25, 0.3) is 0 Å². The van der Waals surface area contributed by atoms with Crippen LogP contribution in [-0.2, 0) is 4.74 Å². The van der Waals surface area contributed by atoms with Gasteiger partial charge in [0.1, 0.15) is 5.75 Å². The van der Waals surface area contributed by atoms with Crippen LogP contribution in [0.3, 0.4) is 0 Å². The highest BCUT2D eigenvalue weighted by Crippen LogP contribution is 2.66. The fourth-order valence-electron chi connectivity index (χ4n) is 4.05. The van der Waals surface area contributed by atoms with Gasteiger partial charge in [0.2, 0.25) is 0 Å². The number of carbonyl (C=O) groups excluding carboxylic acids is 1. The van der Waals surface area contributed by atoms with Gasteiger partial charge in [0, 0.05) is 5.33 Å². The van der Waals surface area contributed by atoms with Crippen LogP contribution in [0, 0.1) is 0 Å². The number of rotatable bonds is 20. The summed E-state index contributed by atoms with van der Waals surface area (Å²) in [5.74, 6) is -79.1. The van der Waals surface area contributed by atoms with Crippen molar-refractivity contribution in [2.75, 3.05) is 18.5 Å². The van der Waals surface area contributed by atoms with Crippen LogP contribution < -0.4 is 4.74 Å². The van der Waals surface area contributed by atoms with Crippen molar-refractivity contribution in [3.63, 3.8) is 0 Å². The molecule has 0 heterocycles. The predicted molar refractivity (Wildman–Crippen MR) is 156 cm³/mol. The number of hydrogen-bond donors (Lipinski definition) is 0. The number of carbonyl (C=O) groups is 1. The van der Waals surface area contributed by atoms with E-state index >= 15 is 0 Å². The number of unbranched alkanes of at least 4 members (excludes halogenated alkanes) is 2. The van der Waals surface area contributed by atoms with Crippen molar-refractivity contribution in [2.24, 2.45) is 10.2 Å². The van der Waals surface area contributed by atoms with E-state index in [1.165, 1.54) is 12.1 Å². The molecule has 0 aliphatic rings. The topological polar surface area (TPSA) is 60.2 Å². The lowest BCUT2D eigenvalue weighted by Gasteiger charge is -2.44. The Morgan fingerprint density at radius 1 is 0.491 bits per heavy atom. The number of nitrogens with zero attached hydrogens (tertiary/aromatic N) is 2. The normalized spacial score (nSPS) is 14.6. The molecule has 0 saturated carbocycles. The Labute approximate surface area is 313 Å². The van der Waals surface area contributed by atoms with Crippen molar-refractivity contribution < 1.29 is 106 Å². The molecule has 0 amide bonds. The van der Waals surface area contributed by atoms with Crippen LogP contribution in [0.1, 0.15) is 36.0 Å². The van der Waals surface area contributed by atoms with Crippen molar-refractivity contribution in [2.45, 2.75) is 85.2 Å². The summed E-state index contributed by atoms with van der Waals surface area (Å²) in [5, 5.41) is 8.51. The van der Waals surface area contributed by atoms with E-state index in [9.17, 15) is 97.0 Å². The van der Waals surface area contributed by atoms with Crippen molar-refractivity contribution >= 4 is 33.3 Å². The molecule has 0 N–H and O–H groups in total. The maximum absolute atomic E-state index is 14.2. The molecule has 0 fully saturated rings. The van der Waals surface area contributed by atoms with Gasteiger partial charge in [-0.1, -0.05) is 15.9 Å². The van der Waals surface area contributed by atoms with E-state index < -0.39 is 84.0 Å². The van der Waals surface area contributed by atoms with Gasteiger partial charge in [0.25, 0.3) is 0 Å². The molecular weight excluding hydrogens is 915 g/mol. The molecule has 2 aromatic carbocycles. The zero-order valence-electron chi connectivity index (χ0n) is 27.5. The fraction of sp³-hybridized carbons (Fsp3) is 0.567. The molecule has 5 nitrogen and oxygen atoms in total. The van der Waals surface area contributed by atoms with E-state index in [0.717, 1.165) is 48.9 Å². The summed E-state index contributed by atoms with van der Waals surface area (Å²) in [5.41, 5.74) is -0.325. The first kappa shape index (κ1) is 49.5. The highest BCUT2D eigenvalue weighted by molar-refractivity contribution is 9.09. The average Bonchev–Trinajstić information content (AvgIpc) is 3.10. The number of alkyl halides is 22. The lowest BCUT2D eigenvalue weighted by atomic mass is 9.86. The number of halogens is 22. The van der Waals surface area contributed by atoms with E-state index in [1.54, 1.807) is 12.1 Å². The first-order valence-corrected chi connectivity index (χ1v) is 16.2. The monoisotopic (exact) mass is 936 g/mol. The maximum atomic E-state index is 14.2. The molecule has 0 unspecified atom stereocenters. The van der Waals surface area contributed by atoms with Crippen LogP contribution in [0.5, 0.6) is 5.75 Å². The standard InChI is InChI=1S/C30H22BrF21N2O3/c31-13-2-1-3-14-56-19-10-8-18(9-11-19)54-53-17-6-4-16(5-7-17)20(55)57-15-12-21(32,33)22(34,35)23(36,37)24(38,39)25(40,41)26(42,43)27(44,45)28(46,47)29(48,49)30(50,51)52/h4-11H,1-3,12-15H2. The molecule has 0 aromatic heterocycles. The molecule has 0 atom stereocenters. The van der Waals surface area contributed by atoms with E-state index in [4.69, 9.17) is 4.74 Å². The number of azo groups is 1. The number of esters is 1. The van der Waals surface area contributed by atoms with E-state index in [0.29, 0.717) is 18.0 Å². The van der Waals surface area contributed by atoms with Gasteiger partial charge in [-0.15, -0.1) is 0 Å². The minimum Gasteiger partial charge on any atom is -0.494 e. The number of hydrogen-bond acceptors (Lipinski definition) is 5. The van der Waals surface area contributed by atoms with Gasteiger partial charge < -0.3 is 9.47 Å². The third-order valence-electron chi connectivity index (χ3n) is 7.49. The Morgan fingerprint density at radius 2 is 0.877 bits per heavy atom. The highest BCUT2D eigenvalue weighted by Gasteiger charge is 2.97. The summed E-state index contributed by atoms with van der Waals surface area (Å²) >= 11 is 3.30. The van der Waals surface area contributed by atoms with Crippen molar-refractivity contribution in [1.29, 1.82) is 0 Å². The molecule has 0 bridgehead atoms. The van der Waals surface area contributed by atoms with E-state index in [-0.39, 0.29) is 5.69 Å². The molecule has 0 aliphatic heterocycles. The molecule has 324 valence electrons.